The van der Waals surface area contributed by atoms with Crippen LogP contribution < -0.4 is 0 Å². The number of carbonyl (C=O) groups is 1. The Bertz CT molecular complexity index is 170. The van der Waals surface area contributed by atoms with Crippen LogP contribution in [0.15, 0.2) is 0 Å². The van der Waals surface area contributed by atoms with E-state index in [-0.39, 0.29) is 12.2 Å². The molecule has 0 fully saturated rings. The molecule has 0 spiro atoms. The second-order valence-electron chi connectivity index (χ2n) is 4.01. The molecule has 0 radical (unpaired) electrons. The Morgan fingerprint density at radius 3 is 2.21 bits per heavy atom. The van der Waals surface area contributed by atoms with Gasteiger partial charge in [-0.25, -0.2) is 4.79 Å². The Hall–Kier alpha value is -0.770. The van der Waals surface area contributed by atoms with Crippen molar-refractivity contribution in [1.82, 2.24) is 9.80 Å². The number of carbonyl (C=O) groups excluding carboxylic acids is 1. The summed E-state index contributed by atoms with van der Waals surface area (Å²) in [6.07, 6.45) is 0.689. The molecule has 0 unspecified atom stereocenters. The smallest absolute Gasteiger partial charge is 0.409 e. The summed E-state index contributed by atoms with van der Waals surface area (Å²) in [4.78, 5) is 15.0. The summed E-state index contributed by atoms with van der Waals surface area (Å²) >= 11 is 0. The quantitative estimate of drug-likeness (QED) is 0.676. The molecule has 0 heterocycles. The van der Waals surface area contributed by atoms with Crippen molar-refractivity contribution in [3.8, 4) is 0 Å². The molecular formula is C10H22N2O2. The van der Waals surface area contributed by atoms with E-state index < -0.39 is 0 Å². The van der Waals surface area contributed by atoms with Crippen molar-refractivity contribution in [2.45, 2.75) is 26.4 Å². The van der Waals surface area contributed by atoms with E-state index in [9.17, 15) is 4.79 Å². The highest BCUT2D eigenvalue weighted by molar-refractivity contribution is 5.67. The van der Waals surface area contributed by atoms with Gasteiger partial charge in [-0.2, -0.15) is 0 Å². The molecule has 0 saturated heterocycles. The van der Waals surface area contributed by atoms with Gasteiger partial charge in [-0.05, 0) is 40.9 Å². The molecule has 0 saturated carbocycles. The van der Waals surface area contributed by atoms with Crippen LogP contribution in [0.4, 0.5) is 4.79 Å². The first-order valence-electron chi connectivity index (χ1n) is 5.00. The van der Waals surface area contributed by atoms with Gasteiger partial charge in [-0.1, -0.05) is 0 Å². The number of amides is 1. The molecule has 0 aliphatic heterocycles. The fourth-order valence-corrected chi connectivity index (χ4v) is 1.01. The summed E-state index contributed by atoms with van der Waals surface area (Å²) in [6.45, 7) is 5.43. The minimum Gasteiger partial charge on any atom is -0.447 e. The third-order valence-corrected chi connectivity index (χ3v) is 1.75. The summed E-state index contributed by atoms with van der Waals surface area (Å²) in [5.74, 6) is 0. The Kier molecular flexibility index (Phi) is 6.28. The van der Waals surface area contributed by atoms with Gasteiger partial charge in [0.25, 0.3) is 0 Å². The Morgan fingerprint density at radius 1 is 1.21 bits per heavy atom. The van der Waals surface area contributed by atoms with Crippen LogP contribution >= 0.6 is 0 Å². The Balaban J connectivity index is 3.62. The van der Waals surface area contributed by atoms with E-state index in [1.165, 1.54) is 0 Å². The molecule has 4 nitrogen and oxygen atoms in total. The number of hydrogen-bond acceptors (Lipinski definition) is 3. The first-order chi connectivity index (χ1) is 6.43. The van der Waals surface area contributed by atoms with Crippen LogP contribution in [0.5, 0.6) is 0 Å². The Labute approximate surface area is 86.8 Å². The fourth-order valence-electron chi connectivity index (χ4n) is 1.01. The van der Waals surface area contributed by atoms with Crippen LogP contribution in [-0.4, -0.2) is 56.2 Å². The van der Waals surface area contributed by atoms with Gasteiger partial charge in [0.1, 0.15) is 0 Å². The average Bonchev–Trinajstić information content (AvgIpc) is 2.01. The first kappa shape index (κ1) is 13.2. The molecule has 0 bridgehead atoms. The molecule has 0 aliphatic rings. The van der Waals surface area contributed by atoms with E-state index in [2.05, 4.69) is 4.90 Å². The number of nitrogens with zero attached hydrogens (tertiary/aromatic N) is 2. The second-order valence-corrected chi connectivity index (χ2v) is 4.01. The van der Waals surface area contributed by atoms with Crippen molar-refractivity contribution in [2.24, 2.45) is 0 Å². The standard InChI is InChI=1S/C10H22N2O2/c1-9(2)14-10(13)12(5)8-6-7-11(3)4/h9H,6-8H2,1-5H3. The van der Waals surface area contributed by atoms with E-state index in [4.69, 9.17) is 4.74 Å². The molecule has 4 heteroatoms. The Morgan fingerprint density at radius 2 is 1.79 bits per heavy atom. The van der Waals surface area contributed by atoms with Gasteiger partial charge in [-0.15, -0.1) is 0 Å². The largest absolute Gasteiger partial charge is 0.447 e. The highest BCUT2D eigenvalue weighted by Crippen LogP contribution is 1.97. The predicted octanol–water partition coefficient (Wildman–Crippen LogP) is 1.41. The lowest BCUT2D eigenvalue weighted by Crippen LogP contribution is -2.31. The van der Waals surface area contributed by atoms with E-state index in [0.29, 0.717) is 0 Å². The lowest BCUT2D eigenvalue weighted by molar-refractivity contribution is 0.0832. The van der Waals surface area contributed by atoms with Gasteiger partial charge in [-0.3, -0.25) is 0 Å². The molecular weight excluding hydrogens is 180 g/mol. The third-order valence-electron chi connectivity index (χ3n) is 1.75. The summed E-state index contributed by atoms with van der Waals surface area (Å²) in [5.41, 5.74) is 0. The molecule has 0 atom stereocenters. The monoisotopic (exact) mass is 202 g/mol. The highest BCUT2D eigenvalue weighted by atomic mass is 16.6. The first-order valence-corrected chi connectivity index (χ1v) is 5.00. The van der Waals surface area contributed by atoms with Crippen LogP contribution in [0, 0.1) is 0 Å². The minimum absolute atomic E-state index is 0.0428. The van der Waals surface area contributed by atoms with Gasteiger partial charge in [0.2, 0.25) is 0 Å². The van der Waals surface area contributed by atoms with Gasteiger partial charge in [0.05, 0.1) is 6.10 Å². The van der Waals surface area contributed by atoms with Gasteiger partial charge in [0, 0.05) is 13.6 Å². The van der Waals surface area contributed by atoms with Crippen molar-refractivity contribution >= 4 is 6.09 Å². The van der Waals surface area contributed by atoms with Crippen molar-refractivity contribution in [1.29, 1.82) is 0 Å². The van der Waals surface area contributed by atoms with Crippen LogP contribution in [0.3, 0.4) is 0 Å². The predicted molar refractivity (Wildman–Crippen MR) is 57.4 cm³/mol. The van der Waals surface area contributed by atoms with Gasteiger partial charge >= 0.3 is 6.09 Å². The lowest BCUT2D eigenvalue weighted by Gasteiger charge is -2.19. The van der Waals surface area contributed by atoms with Crippen molar-refractivity contribution in [2.75, 3.05) is 34.2 Å². The zero-order chi connectivity index (χ0) is 11.1. The average molecular weight is 202 g/mol. The van der Waals surface area contributed by atoms with Gasteiger partial charge < -0.3 is 14.5 Å². The van der Waals surface area contributed by atoms with Crippen LogP contribution in [0.25, 0.3) is 0 Å². The summed E-state index contributed by atoms with van der Waals surface area (Å²) in [6, 6.07) is 0. The van der Waals surface area contributed by atoms with E-state index in [1.807, 2.05) is 27.9 Å². The van der Waals surface area contributed by atoms with Crippen molar-refractivity contribution < 1.29 is 9.53 Å². The highest BCUT2D eigenvalue weighted by Gasteiger charge is 2.10. The molecule has 0 aliphatic carbocycles. The number of ether oxygens (including phenoxy) is 1. The maximum atomic E-state index is 11.3. The molecule has 14 heavy (non-hydrogen) atoms. The number of rotatable bonds is 5. The molecule has 0 N–H and O–H groups in total. The number of hydrogen-bond donors (Lipinski definition) is 0. The summed E-state index contributed by atoms with van der Waals surface area (Å²) in [5, 5.41) is 0. The second kappa shape index (κ2) is 6.65. The summed E-state index contributed by atoms with van der Waals surface area (Å²) in [7, 11) is 5.80. The molecule has 0 rings (SSSR count). The zero-order valence-corrected chi connectivity index (χ0v) is 9.91. The van der Waals surface area contributed by atoms with Crippen LogP contribution in [0.2, 0.25) is 0 Å². The fraction of sp³-hybridized carbons (Fsp3) is 0.900. The van der Waals surface area contributed by atoms with Crippen LogP contribution in [-0.2, 0) is 4.74 Å². The minimum atomic E-state index is -0.237. The maximum absolute atomic E-state index is 11.3. The van der Waals surface area contributed by atoms with E-state index in [0.717, 1.165) is 19.5 Å². The molecule has 0 aromatic heterocycles. The van der Waals surface area contributed by atoms with Crippen molar-refractivity contribution in [3.05, 3.63) is 0 Å². The third kappa shape index (κ3) is 6.71. The van der Waals surface area contributed by atoms with Crippen molar-refractivity contribution in [3.63, 3.8) is 0 Å². The summed E-state index contributed by atoms with van der Waals surface area (Å²) < 4.78 is 5.04. The van der Waals surface area contributed by atoms with Crippen LogP contribution in [0.1, 0.15) is 20.3 Å². The molecule has 0 aromatic carbocycles. The maximum Gasteiger partial charge on any atom is 0.409 e. The van der Waals surface area contributed by atoms with E-state index >= 15 is 0 Å². The molecule has 0 aromatic rings. The normalized spacial score (nSPS) is 10.8. The molecule has 84 valence electrons. The SMILES string of the molecule is CC(C)OC(=O)N(C)CCCN(C)C. The topological polar surface area (TPSA) is 32.8 Å². The molecule has 1 amide bonds. The van der Waals surface area contributed by atoms with E-state index in [1.54, 1.807) is 11.9 Å². The van der Waals surface area contributed by atoms with Gasteiger partial charge in [0.15, 0.2) is 0 Å². The lowest BCUT2D eigenvalue weighted by atomic mass is 10.4. The zero-order valence-electron chi connectivity index (χ0n) is 9.91.